The number of unbranched alkanes of at least 4 members (excludes halogenated alkanes) is 1. The van der Waals surface area contributed by atoms with Gasteiger partial charge in [-0.15, -0.1) is 0 Å². The fourth-order valence-electron chi connectivity index (χ4n) is 4.84. The highest BCUT2D eigenvalue weighted by Gasteiger charge is 2.29. The fraction of sp³-hybridized carbons (Fsp3) is 0.643. The van der Waals surface area contributed by atoms with Crippen LogP contribution in [-0.2, 0) is 17.8 Å². The van der Waals surface area contributed by atoms with Crippen LogP contribution >= 0.6 is 0 Å². The van der Waals surface area contributed by atoms with E-state index < -0.39 is 0 Å². The highest BCUT2D eigenvalue weighted by molar-refractivity contribution is 5.76. The van der Waals surface area contributed by atoms with Gasteiger partial charge in [-0.05, 0) is 56.9 Å². The molecule has 2 heterocycles. The van der Waals surface area contributed by atoms with Gasteiger partial charge >= 0.3 is 0 Å². The minimum Gasteiger partial charge on any atom is -0.354 e. The third-order valence-electron chi connectivity index (χ3n) is 6.82. The van der Waals surface area contributed by atoms with Crippen LogP contribution in [0.5, 0.6) is 0 Å². The third-order valence-corrected chi connectivity index (χ3v) is 6.82. The molecule has 0 radical (unpaired) electrons. The molecule has 0 atom stereocenters. The SMILES string of the molecule is CCCCC(=O)N(Cc1c(CC)nn(-c2ccc(F)cc2)c1N1CCN(C(C)C)CC1)CC(C)C. The Hall–Kier alpha value is -2.41. The van der Waals surface area contributed by atoms with Crippen LogP contribution in [0.3, 0.4) is 0 Å². The van der Waals surface area contributed by atoms with E-state index in [9.17, 15) is 9.18 Å². The second-order valence-electron chi connectivity index (χ2n) is 10.4. The molecular weight excluding hydrogens is 441 g/mol. The molecule has 0 spiro atoms. The van der Waals surface area contributed by atoms with Crippen molar-refractivity contribution in [2.75, 3.05) is 37.6 Å². The maximum absolute atomic E-state index is 13.7. The lowest BCUT2D eigenvalue weighted by Gasteiger charge is -2.38. The zero-order valence-electron chi connectivity index (χ0n) is 22.6. The summed E-state index contributed by atoms with van der Waals surface area (Å²) < 4.78 is 15.7. The Morgan fingerprint density at radius 1 is 1.06 bits per heavy atom. The minimum absolute atomic E-state index is 0.215. The summed E-state index contributed by atoms with van der Waals surface area (Å²) in [6.07, 6.45) is 3.28. The molecule has 1 amide bonds. The fourth-order valence-corrected chi connectivity index (χ4v) is 4.84. The lowest BCUT2D eigenvalue weighted by Crippen LogP contribution is -2.49. The standard InChI is InChI=1S/C28H44FN5O/c1-7-9-10-27(35)33(19-21(3)4)20-25-26(8-2)30-34(24-13-11-23(29)12-14-24)28(25)32-17-15-31(16-18-32)22(5)6/h11-14,21-22H,7-10,15-20H2,1-6H3. The van der Waals surface area contributed by atoms with E-state index >= 15 is 0 Å². The largest absolute Gasteiger partial charge is 0.354 e. The number of carbonyl (C=O) groups is 1. The Morgan fingerprint density at radius 2 is 1.71 bits per heavy atom. The van der Waals surface area contributed by atoms with Crippen LogP contribution in [0.25, 0.3) is 5.69 Å². The number of nitrogens with zero attached hydrogens (tertiary/aromatic N) is 5. The average Bonchev–Trinajstić information content (AvgIpc) is 3.20. The van der Waals surface area contributed by atoms with Crippen molar-refractivity contribution in [3.05, 3.63) is 41.3 Å². The number of benzene rings is 1. The van der Waals surface area contributed by atoms with Crippen molar-refractivity contribution < 1.29 is 9.18 Å². The summed E-state index contributed by atoms with van der Waals surface area (Å²) in [5.41, 5.74) is 2.98. The van der Waals surface area contributed by atoms with Crippen molar-refractivity contribution >= 4 is 11.7 Å². The molecule has 1 aliphatic heterocycles. The van der Waals surface area contributed by atoms with Crippen LogP contribution in [0, 0.1) is 11.7 Å². The van der Waals surface area contributed by atoms with E-state index in [1.54, 1.807) is 12.1 Å². The number of aryl methyl sites for hydroxylation is 1. The maximum atomic E-state index is 13.7. The lowest BCUT2D eigenvalue weighted by atomic mass is 10.1. The third kappa shape index (κ3) is 6.84. The summed E-state index contributed by atoms with van der Waals surface area (Å²) in [5, 5.41) is 5.01. The molecule has 0 bridgehead atoms. The predicted molar refractivity (Wildman–Crippen MR) is 142 cm³/mol. The Morgan fingerprint density at radius 3 is 2.26 bits per heavy atom. The Bertz CT molecular complexity index is 945. The molecule has 0 unspecified atom stereocenters. The summed E-state index contributed by atoms with van der Waals surface area (Å²) >= 11 is 0. The van der Waals surface area contributed by atoms with Crippen LogP contribution in [-0.4, -0.2) is 64.3 Å². The van der Waals surface area contributed by atoms with Crippen LogP contribution in [0.2, 0.25) is 0 Å². The normalized spacial score (nSPS) is 14.8. The molecule has 0 N–H and O–H groups in total. The molecule has 35 heavy (non-hydrogen) atoms. The molecule has 0 saturated carbocycles. The molecule has 1 aliphatic rings. The quantitative estimate of drug-likeness (QED) is 0.434. The molecule has 7 heteroatoms. The van der Waals surface area contributed by atoms with Gasteiger partial charge < -0.3 is 9.80 Å². The number of halogens is 1. The summed E-state index contributed by atoms with van der Waals surface area (Å²) in [4.78, 5) is 20.1. The first-order valence-corrected chi connectivity index (χ1v) is 13.4. The number of amides is 1. The van der Waals surface area contributed by atoms with Gasteiger partial charge in [-0.3, -0.25) is 9.69 Å². The second-order valence-corrected chi connectivity index (χ2v) is 10.4. The van der Waals surface area contributed by atoms with E-state index in [1.807, 2.05) is 9.58 Å². The van der Waals surface area contributed by atoms with E-state index in [0.29, 0.717) is 24.9 Å². The Balaban J connectivity index is 2.04. The number of rotatable bonds is 11. The summed E-state index contributed by atoms with van der Waals surface area (Å²) in [6.45, 7) is 18.1. The van der Waals surface area contributed by atoms with Crippen molar-refractivity contribution in [1.82, 2.24) is 19.6 Å². The molecule has 3 rings (SSSR count). The number of aromatic nitrogens is 2. The van der Waals surface area contributed by atoms with Crippen LogP contribution in [0.4, 0.5) is 10.2 Å². The van der Waals surface area contributed by atoms with Gasteiger partial charge in [0.25, 0.3) is 0 Å². The zero-order valence-corrected chi connectivity index (χ0v) is 22.6. The molecule has 1 saturated heterocycles. The number of hydrogen-bond acceptors (Lipinski definition) is 4. The van der Waals surface area contributed by atoms with E-state index in [0.717, 1.165) is 74.7 Å². The number of hydrogen-bond donors (Lipinski definition) is 0. The average molecular weight is 486 g/mol. The molecule has 1 aromatic heterocycles. The first kappa shape index (κ1) is 27.2. The summed E-state index contributed by atoms with van der Waals surface area (Å²) in [6, 6.07) is 7.07. The number of piperazine rings is 1. The highest BCUT2D eigenvalue weighted by atomic mass is 19.1. The molecule has 1 aromatic carbocycles. The smallest absolute Gasteiger partial charge is 0.222 e. The van der Waals surface area contributed by atoms with E-state index in [2.05, 4.69) is 51.3 Å². The number of carbonyl (C=O) groups excluding carboxylic acids is 1. The highest BCUT2D eigenvalue weighted by Crippen LogP contribution is 2.31. The summed E-state index contributed by atoms with van der Waals surface area (Å²) in [7, 11) is 0. The Labute approximate surface area is 211 Å². The number of anilines is 1. The molecule has 194 valence electrons. The first-order chi connectivity index (χ1) is 16.7. The molecule has 6 nitrogen and oxygen atoms in total. The molecule has 0 aliphatic carbocycles. The van der Waals surface area contributed by atoms with Crippen LogP contribution < -0.4 is 4.90 Å². The van der Waals surface area contributed by atoms with Gasteiger partial charge in [0.2, 0.25) is 5.91 Å². The van der Waals surface area contributed by atoms with Gasteiger partial charge in [0, 0.05) is 50.7 Å². The molecule has 1 fully saturated rings. The lowest BCUT2D eigenvalue weighted by molar-refractivity contribution is -0.132. The van der Waals surface area contributed by atoms with Crippen molar-refractivity contribution in [2.45, 2.75) is 79.8 Å². The van der Waals surface area contributed by atoms with Gasteiger partial charge in [-0.2, -0.15) is 5.10 Å². The zero-order chi connectivity index (χ0) is 25.5. The monoisotopic (exact) mass is 485 g/mol. The molecular formula is C28H44FN5O. The second kappa shape index (κ2) is 12.5. The van der Waals surface area contributed by atoms with E-state index in [-0.39, 0.29) is 11.7 Å². The summed E-state index contributed by atoms with van der Waals surface area (Å²) in [5.74, 6) is 1.39. The van der Waals surface area contributed by atoms with E-state index in [4.69, 9.17) is 5.10 Å². The van der Waals surface area contributed by atoms with Crippen molar-refractivity contribution in [3.8, 4) is 5.69 Å². The Kier molecular flexibility index (Phi) is 9.72. The van der Waals surface area contributed by atoms with Gasteiger partial charge in [-0.25, -0.2) is 9.07 Å². The van der Waals surface area contributed by atoms with Gasteiger partial charge in [0.1, 0.15) is 11.6 Å². The van der Waals surface area contributed by atoms with Gasteiger partial charge in [-0.1, -0.05) is 34.1 Å². The van der Waals surface area contributed by atoms with Crippen LogP contribution in [0.15, 0.2) is 24.3 Å². The van der Waals surface area contributed by atoms with Crippen LogP contribution in [0.1, 0.15) is 72.1 Å². The van der Waals surface area contributed by atoms with Gasteiger partial charge in [0.05, 0.1) is 17.9 Å². The topological polar surface area (TPSA) is 44.6 Å². The first-order valence-electron chi connectivity index (χ1n) is 13.4. The molecule has 2 aromatic rings. The maximum Gasteiger partial charge on any atom is 0.222 e. The predicted octanol–water partition coefficient (Wildman–Crippen LogP) is 5.28. The van der Waals surface area contributed by atoms with Crippen molar-refractivity contribution in [3.63, 3.8) is 0 Å². The van der Waals surface area contributed by atoms with Crippen molar-refractivity contribution in [1.29, 1.82) is 0 Å². The minimum atomic E-state index is -0.256. The van der Waals surface area contributed by atoms with E-state index in [1.165, 1.54) is 12.1 Å². The van der Waals surface area contributed by atoms with Crippen molar-refractivity contribution in [2.24, 2.45) is 5.92 Å². The van der Waals surface area contributed by atoms with Gasteiger partial charge in [0.15, 0.2) is 0 Å².